The Bertz CT molecular complexity index is 797. The van der Waals surface area contributed by atoms with E-state index in [1.54, 1.807) is 17.7 Å². The third-order valence-electron chi connectivity index (χ3n) is 5.15. The highest BCUT2D eigenvalue weighted by Crippen LogP contribution is 2.34. The van der Waals surface area contributed by atoms with E-state index in [4.69, 9.17) is 0 Å². The van der Waals surface area contributed by atoms with Gasteiger partial charge >= 0.3 is 0 Å². The molecule has 0 bridgehead atoms. The van der Waals surface area contributed by atoms with Crippen LogP contribution in [0.4, 0.5) is 0 Å². The normalized spacial score (nSPS) is 22.1. The fourth-order valence-electron chi connectivity index (χ4n) is 4.08. The van der Waals surface area contributed by atoms with E-state index in [0.29, 0.717) is 5.75 Å². The number of amides is 1. The molecule has 1 aliphatic rings. The molecule has 0 aromatic carbocycles. The lowest BCUT2D eigenvalue weighted by Gasteiger charge is -2.36. The zero-order valence-corrected chi connectivity index (χ0v) is 18.5. The maximum absolute atomic E-state index is 12.4. The van der Waals surface area contributed by atoms with E-state index in [-0.39, 0.29) is 11.9 Å². The fourth-order valence-corrected chi connectivity index (χ4v) is 6.01. The molecule has 1 N–H and O–H groups in total. The Morgan fingerprint density at radius 3 is 2.74 bits per heavy atom. The number of thiophene rings is 1. The number of piperidine rings is 1. The molecule has 7 heteroatoms. The summed E-state index contributed by atoms with van der Waals surface area (Å²) < 4.78 is 0. The molecule has 27 heavy (non-hydrogen) atoms. The van der Waals surface area contributed by atoms with Crippen LogP contribution < -0.4 is 5.32 Å². The molecular weight excluding hydrogens is 376 g/mol. The summed E-state index contributed by atoms with van der Waals surface area (Å²) in [6.07, 6.45) is 2.90. The van der Waals surface area contributed by atoms with Gasteiger partial charge in [-0.15, -0.1) is 11.3 Å². The van der Waals surface area contributed by atoms with Crippen LogP contribution in [0.2, 0.25) is 0 Å². The molecule has 0 aliphatic carbocycles. The maximum atomic E-state index is 12.4. The van der Waals surface area contributed by atoms with E-state index < -0.39 is 0 Å². The first-order chi connectivity index (χ1) is 12.8. The first kappa shape index (κ1) is 20.6. The summed E-state index contributed by atoms with van der Waals surface area (Å²) in [6, 6.07) is 0.158. The summed E-state index contributed by atoms with van der Waals surface area (Å²) in [7, 11) is 0. The van der Waals surface area contributed by atoms with Crippen molar-refractivity contribution in [2.24, 2.45) is 11.8 Å². The molecule has 3 rings (SSSR count). The quantitative estimate of drug-likeness (QED) is 0.583. The largest absolute Gasteiger partial charge is 0.352 e. The molecule has 3 unspecified atom stereocenters. The summed E-state index contributed by atoms with van der Waals surface area (Å²) in [5.41, 5.74) is 1.22. The Morgan fingerprint density at radius 1 is 1.33 bits per heavy atom. The minimum absolute atomic E-state index is 0.0713. The Morgan fingerprint density at radius 2 is 2.04 bits per heavy atom. The lowest BCUT2D eigenvalue weighted by Crippen LogP contribution is -2.47. The average molecular weight is 407 g/mol. The number of rotatable bonds is 6. The summed E-state index contributed by atoms with van der Waals surface area (Å²) in [4.78, 5) is 26.0. The first-order valence-electron chi connectivity index (χ1n) is 9.68. The van der Waals surface area contributed by atoms with Gasteiger partial charge in [-0.2, -0.15) is 0 Å². The van der Waals surface area contributed by atoms with E-state index in [1.807, 2.05) is 0 Å². The third-order valence-corrected chi connectivity index (χ3v) is 7.26. The van der Waals surface area contributed by atoms with Crippen LogP contribution in [0.5, 0.6) is 0 Å². The van der Waals surface area contributed by atoms with Crippen molar-refractivity contribution in [1.82, 2.24) is 20.2 Å². The predicted molar refractivity (Wildman–Crippen MR) is 115 cm³/mol. The second kappa shape index (κ2) is 8.88. The van der Waals surface area contributed by atoms with Gasteiger partial charge < -0.3 is 10.2 Å². The van der Waals surface area contributed by atoms with Gasteiger partial charge in [0.05, 0.1) is 5.75 Å². The number of hydrogen-bond acceptors (Lipinski definition) is 6. The smallest absolute Gasteiger partial charge is 0.230 e. The highest BCUT2D eigenvalue weighted by molar-refractivity contribution is 8.00. The van der Waals surface area contributed by atoms with E-state index >= 15 is 0 Å². The van der Waals surface area contributed by atoms with Crippen LogP contribution in [0.1, 0.15) is 37.6 Å². The highest BCUT2D eigenvalue weighted by Gasteiger charge is 2.23. The number of nitrogens with one attached hydrogen (secondary N) is 1. The van der Waals surface area contributed by atoms with Gasteiger partial charge in [0.2, 0.25) is 5.91 Å². The molecule has 5 nitrogen and oxygen atoms in total. The van der Waals surface area contributed by atoms with Crippen molar-refractivity contribution in [2.45, 2.75) is 52.1 Å². The van der Waals surface area contributed by atoms with E-state index in [1.165, 1.54) is 28.6 Å². The summed E-state index contributed by atoms with van der Waals surface area (Å²) in [5.74, 6) is 1.94. The van der Waals surface area contributed by atoms with E-state index in [9.17, 15) is 4.79 Å². The van der Waals surface area contributed by atoms with Crippen LogP contribution >= 0.6 is 23.1 Å². The molecule has 0 radical (unpaired) electrons. The van der Waals surface area contributed by atoms with Gasteiger partial charge in [-0.05, 0) is 44.6 Å². The Kier molecular flexibility index (Phi) is 6.76. The summed E-state index contributed by atoms with van der Waals surface area (Å²) in [6.45, 7) is 14.1. The zero-order chi connectivity index (χ0) is 19.6. The second-order valence-electron chi connectivity index (χ2n) is 8.06. The lowest BCUT2D eigenvalue weighted by atomic mass is 9.92. The van der Waals surface area contributed by atoms with E-state index in [0.717, 1.165) is 46.7 Å². The molecular formula is C20H30N4OS2. The molecule has 3 heterocycles. The van der Waals surface area contributed by atoms with Crippen LogP contribution in [0.3, 0.4) is 0 Å². The van der Waals surface area contributed by atoms with Crippen LogP contribution in [0.25, 0.3) is 10.2 Å². The van der Waals surface area contributed by atoms with Crippen molar-refractivity contribution >= 4 is 39.2 Å². The molecule has 148 valence electrons. The Balaban J connectivity index is 1.52. The molecule has 0 spiro atoms. The predicted octanol–water partition coefficient (Wildman–Crippen LogP) is 3.88. The van der Waals surface area contributed by atoms with Crippen LogP contribution in [-0.2, 0) is 4.79 Å². The number of aryl methyl sites for hydroxylation is 2. The fraction of sp³-hybridized carbons (Fsp3) is 0.650. The van der Waals surface area contributed by atoms with Gasteiger partial charge in [0.25, 0.3) is 0 Å². The lowest BCUT2D eigenvalue weighted by molar-refractivity contribution is -0.119. The summed E-state index contributed by atoms with van der Waals surface area (Å²) in [5, 5.41) is 5.16. The molecule has 3 atom stereocenters. The van der Waals surface area contributed by atoms with Gasteiger partial charge in [-0.3, -0.25) is 4.79 Å². The molecule has 1 aliphatic heterocycles. The number of fused-ring (bicyclic) bond motifs is 1. The van der Waals surface area contributed by atoms with E-state index in [2.05, 4.69) is 54.8 Å². The van der Waals surface area contributed by atoms with Gasteiger partial charge in [0.1, 0.15) is 16.2 Å². The number of thioether (sulfide) groups is 1. The van der Waals surface area contributed by atoms with Crippen molar-refractivity contribution in [3.63, 3.8) is 0 Å². The third kappa shape index (κ3) is 5.21. The highest BCUT2D eigenvalue weighted by atomic mass is 32.2. The van der Waals surface area contributed by atoms with Crippen molar-refractivity contribution in [3.05, 3.63) is 16.8 Å². The molecule has 1 amide bonds. The number of hydrogen-bond donors (Lipinski definition) is 1. The van der Waals surface area contributed by atoms with Crippen molar-refractivity contribution in [1.29, 1.82) is 0 Å². The molecule has 0 saturated carbocycles. The van der Waals surface area contributed by atoms with Crippen molar-refractivity contribution < 1.29 is 4.79 Å². The second-order valence-corrected chi connectivity index (χ2v) is 10.2. The summed E-state index contributed by atoms with van der Waals surface area (Å²) >= 11 is 3.19. The van der Waals surface area contributed by atoms with Gasteiger partial charge in [0, 0.05) is 35.9 Å². The Hall–Kier alpha value is -1.18. The van der Waals surface area contributed by atoms with Gasteiger partial charge in [0.15, 0.2) is 0 Å². The van der Waals surface area contributed by atoms with Crippen LogP contribution in [-0.4, -0.2) is 52.2 Å². The van der Waals surface area contributed by atoms with Crippen molar-refractivity contribution in [3.8, 4) is 0 Å². The zero-order valence-electron chi connectivity index (χ0n) is 16.9. The number of carbonyl (C=O) groups is 1. The topological polar surface area (TPSA) is 58.1 Å². The maximum Gasteiger partial charge on any atom is 0.230 e. The first-order valence-corrected chi connectivity index (χ1v) is 11.5. The molecule has 2 aromatic heterocycles. The number of likely N-dealkylation sites (tertiary alicyclic amines) is 1. The molecule has 2 aromatic rings. The monoisotopic (exact) mass is 406 g/mol. The van der Waals surface area contributed by atoms with Gasteiger partial charge in [-0.25, -0.2) is 9.97 Å². The average Bonchev–Trinajstić information content (AvgIpc) is 2.87. The minimum Gasteiger partial charge on any atom is -0.352 e. The molecule has 1 fully saturated rings. The number of aromatic nitrogens is 2. The van der Waals surface area contributed by atoms with Crippen LogP contribution in [0.15, 0.2) is 11.4 Å². The van der Waals surface area contributed by atoms with Gasteiger partial charge in [-0.1, -0.05) is 25.6 Å². The number of nitrogens with zero attached hydrogens (tertiary/aromatic N) is 3. The standard InChI is InChI=1S/C20H30N4OS2/c1-12-6-13(2)8-24(7-12)9-14(3)23-17(25)10-26-19-18-15(4)16(5)27-20(18)22-11-21-19/h11-14H,6-10H2,1-5H3,(H,23,25). The Labute approximate surface area is 170 Å². The number of carbonyl (C=O) groups excluding carboxylic acids is 1. The van der Waals surface area contributed by atoms with Crippen molar-refractivity contribution in [2.75, 3.05) is 25.4 Å². The SMILES string of the molecule is Cc1sc2ncnc(SCC(=O)NC(C)CN3CC(C)CC(C)C3)c2c1C. The molecule has 1 saturated heterocycles. The van der Waals surface area contributed by atoms with Crippen LogP contribution in [0, 0.1) is 25.7 Å². The minimum atomic E-state index is 0.0713.